The molecule has 2 rings (SSSR count). The third-order valence-corrected chi connectivity index (χ3v) is 4.42. The van der Waals surface area contributed by atoms with Gasteiger partial charge in [0, 0.05) is 11.1 Å². The first-order chi connectivity index (χ1) is 7.99. The molecule has 0 radical (unpaired) electrons. The third kappa shape index (κ3) is 2.80. The number of halogens is 1. The molecule has 0 atom stereocenters. The van der Waals surface area contributed by atoms with Gasteiger partial charge in [0.25, 0.3) is 0 Å². The summed E-state index contributed by atoms with van der Waals surface area (Å²) in [7, 11) is -3.56. The summed E-state index contributed by atoms with van der Waals surface area (Å²) in [5.41, 5.74) is 5.83. The van der Waals surface area contributed by atoms with E-state index in [4.69, 9.17) is 17.3 Å². The van der Waals surface area contributed by atoms with E-state index in [1.54, 1.807) is 0 Å². The van der Waals surface area contributed by atoms with Crippen molar-refractivity contribution in [2.24, 2.45) is 0 Å². The molecule has 1 aromatic rings. The normalized spacial score (nSPS) is 16.5. The molecule has 17 heavy (non-hydrogen) atoms. The van der Waals surface area contributed by atoms with Crippen molar-refractivity contribution in [2.45, 2.75) is 23.8 Å². The molecule has 1 aliphatic carbocycles. The van der Waals surface area contributed by atoms with E-state index in [0.717, 1.165) is 0 Å². The van der Waals surface area contributed by atoms with Gasteiger partial charge in [0.2, 0.25) is 10.0 Å². The summed E-state index contributed by atoms with van der Waals surface area (Å²) < 4.78 is 26.7. The molecule has 0 fully saturated rings. The van der Waals surface area contributed by atoms with Crippen LogP contribution < -0.4 is 10.5 Å². The fourth-order valence-corrected chi connectivity index (χ4v) is 3.32. The van der Waals surface area contributed by atoms with Gasteiger partial charge in [0.05, 0.1) is 5.69 Å². The predicted octanol–water partition coefficient (Wildman–Crippen LogP) is 1.92. The fourth-order valence-electron chi connectivity index (χ4n) is 1.76. The highest BCUT2D eigenvalue weighted by Gasteiger charge is 2.22. The van der Waals surface area contributed by atoms with Crippen molar-refractivity contribution in [2.75, 3.05) is 5.73 Å². The van der Waals surface area contributed by atoms with Gasteiger partial charge in [-0.25, -0.2) is 13.1 Å². The summed E-state index contributed by atoms with van der Waals surface area (Å²) in [6.07, 6.45) is 5.34. The van der Waals surface area contributed by atoms with Gasteiger partial charge >= 0.3 is 0 Å². The Balaban J connectivity index is 2.25. The van der Waals surface area contributed by atoms with Gasteiger partial charge in [-0.3, -0.25) is 0 Å². The molecular weight excluding hydrogens is 260 g/mol. The van der Waals surface area contributed by atoms with Gasteiger partial charge < -0.3 is 5.73 Å². The minimum absolute atomic E-state index is 0.0740. The highest BCUT2D eigenvalue weighted by Crippen LogP contribution is 2.23. The first-order valence-electron chi connectivity index (χ1n) is 5.21. The maximum Gasteiger partial charge on any atom is 0.242 e. The molecule has 0 unspecified atom stereocenters. The van der Waals surface area contributed by atoms with E-state index in [-0.39, 0.29) is 16.6 Å². The van der Waals surface area contributed by atoms with E-state index in [0.29, 0.717) is 17.9 Å². The van der Waals surface area contributed by atoms with Crippen molar-refractivity contribution in [1.29, 1.82) is 0 Å². The van der Waals surface area contributed by atoms with Crippen LogP contribution in [0.15, 0.2) is 35.2 Å². The van der Waals surface area contributed by atoms with Crippen LogP contribution in [-0.4, -0.2) is 14.5 Å². The number of nitrogen functional groups attached to an aromatic ring is 1. The zero-order valence-corrected chi connectivity index (χ0v) is 10.6. The second-order valence-corrected chi connectivity index (χ2v) is 6.06. The van der Waals surface area contributed by atoms with Crippen LogP contribution in [0.4, 0.5) is 5.69 Å². The molecule has 92 valence electrons. The minimum atomic E-state index is -3.56. The maximum atomic E-state index is 12.1. The molecule has 1 aliphatic rings. The molecular formula is C11H13ClN2O2S. The van der Waals surface area contributed by atoms with Gasteiger partial charge in [0.15, 0.2) is 0 Å². The van der Waals surface area contributed by atoms with Crippen LogP contribution in [0.1, 0.15) is 12.8 Å². The molecule has 4 nitrogen and oxygen atoms in total. The monoisotopic (exact) mass is 272 g/mol. The molecule has 0 spiro atoms. The summed E-state index contributed by atoms with van der Waals surface area (Å²) in [6.45, 7) is 0. The van der Waals surface area contributed by atoms with Crippen LogP contribution in [-0.2, 0) is 10.0 Å². The first kappa shape index (κ1) is 12.4. The molecule has 0 saturated heterocycles. The number of rotatable bonds is 3. The molecule has 3 N–H and O–H groups in total. The van der Waals surface area contributed by atoms with E-state index >= 15 is 0 Å². The summed E-state index contributed by atoms with van der Waals surface area (Å²) in [5.74, 6) is 0. The smallest absolute Gasteiger partial charge is 0.242 e. The standard InChI is InChI=1S/C11H13ClN2O2S/c12-8-5-6-11(10(13)7-8)17(15,16)14-9-3-1-2-4-9/h1-2,5-7,9,14H,3-4,13H2. The largest absolute Gasteiger partial charge is 0.398 e. The van der Waals surface area contributed by atoms with Crippen LogP contribution in [0.2, 0.25) is 5.02 Å². The van der Waals surface area contributed by atoms with Crippen LogP contribution in [0.5, 0.6) is 0 Å². The molecule has 0 heterocycles. The Hall–Kier alpha value is -1.04. The fraction of sp³-hybridized carbons (Fsp3) is 0.273. The predicted molar refractivity (Wildman–Crippen MR) is 68.3 cm³/mol. The minimum Gasteiger partial charge on any atom is -0.398 e. The first-order valence-corrected chi connectivity index (χ1v) is 7.07. The van der Waals surface area contributed by atoms with E-state index < -0.39 is 10.0 Å². The number of hydrogen-bond acceptors (Lipinski definition) is 3. The lowest BCUT2D eigenvalue weighted by atomic mass is 10.3. The SMILES string of the molecule is Nc1cc(Cl)ccc1S(=O)(=O)NC1CC=CC1. The molecule has 0 amide bonds. The van der Waals surface area contributed by atoms with Crippen molar-refractivity contribution in [3.05, 3.63) is 35.4 Å². The molecule has 0 aromatic heterocycles. The lowest BCUT2D eigenvalue weighted by molar-refractivity contribution is 0.558. The van der Waals surface area contributed by atoms with Gasteiger partial charge in [-0.05, 0) is 31.0 Å². The summed E-state index contributed by atoms with van der Waals surface area (Å²) in [5, 5.41) is 0.420. The van der Waals surface area contributed by atoms with Crippen molar-refractivity contribution in [3.8, 4) is 0 Å². The van der Waals surface area contributed by atoms with Gasteiger partial charge in [-0.1, -0.05) is 23.8 Å². The Morgan fingerprint density at radius 2 is 1.94 bits per heavy atom. The zero-order valence-electron chi connectivity index (χ0n) is 9.06. The van der Waals surface area contributed by atoms with E-state index in [9.17, 15) is 8.42 Å². The van der Waals surface area contributed by atoms with Crippen molar-refractivity contribution in [3.63, 3.8) is 0 Å². The van der Waals surface area contributed by atoms with E-state index in [1.807, 2.05) is 12.2 Å². The Labute approximate surface area is 106 Å². The third-order valence-electron chi connectivity index (χ3n) is 2.59. The average Bonchev–Trinajstić information content (AvgIpc) is 2.68. The molecule has 0 aliphatic heterocycles. The number of nitrogens with two attached hydrogens (primary N) is 1. The van der Waals surface area contributed by atoms with Crippen LogP contribution >= 0.6 is 11.6 Å². The summed E-state index contributed by atoms with van der Waals surface area (Å²) in [6, 6.07) is 4.29. The average molecular weight is 273 g/mol. The lowest BCUT2D eigenvalue weighted by Gasteiger charge is -2.14. The van der Waals surface area contributed by atoms with Crippen LogP contribution in [0.3, 0.4) is 0 Å². The number of hydrogen-bond donors (Lipinski definition) is 2. The van der Waals surface area contributed by atoms with E-state index in [2.05, 4.69) is 4.72 Å². The van der Waals surface area contributed by atoms with Crippen LogP contribution in [0, 0.1) is 0 Å². The van der Waals surface area contributed by atoms with Crippen molar-refractivity contribution >= 4 is 27.3 Å². The number of benzene rings is 1. The second-order valence-electron chi connectivity index (χ2n) is 3.94. The Morgan fingerprint density at radius 1 is 1.29 bits per heavy atom. The van der Waals surface area contributed by atoms with Gasteiger partial charge in [0.1, 0.15) is 4.90 Å². The Morgan fingerprint density at radius 3 is 2.53 bits per heavy atom. The topological polar surface area (TPSA) is 72.2 Å². The summed E-state index contributed by atoms with van der Waals surface area (Å²) >= 11 is 5.73. The lowest BCUT2D eigenvalue weighted by Crippen LogP contribution is -2.33. The summed E-state index contributed by atoms with van der Waals surface area (Å²) in [4.78, 5) is 0.0776. The Bertz CT molecular complexity index is 547. The van der Waals surface area contributed by atoms with Crippen molar-refractivity contribution < 1.29 is 8.42 Å². The zero-order chi connectivity index (χ0) is 12.5. The highest BCUT2D eigenvalue weighted by molar-refractivity contribution is 7.89. The quantitative estimate of drug-likeness (QED) is 0.652. The van der Waals surface area contributed by atoms with Crippen LogP contribution in [0.25, 0.3) is 0 Å². The van der Waals surface area contributed by atoms with Gasteiger partial charge in [-0.15, -0.1) is 0 Å². The second kappa shape index (κ2) is 4.68. The number of sulfonamides is 1. The highest BCUT2D eigenvalue weighted by atomic mass is 35.5. The van der Waals surface area contributed by atoms with Crippen molar-refractivity contribution in [1.82, 2.24) is 4.72 Å². The molecule has 0 bridgehead atoms. The number of anilines is 1. The molecule has 0 saturated carbocycles. The number of nitrogens with one attached hydrogen (secondary N) is 1. The van der Waals surface area contributed by atoms with E-state index in [1.165, 1.54) is 18.2 Å². The van der Waals surface area contributed by atoms with Gasteiger partial charge in [-0.2, -0.15) is 0 Å². The molecule has 6 heteroatoms. The Kier molecular flexibility index (Phi) is 3.42. The maximum absolute atomic E-state index is 12.1. The molecule has 1 aromatic carbocycles.